The summed E-state index contributed by atoms with van der Waals surface area (Å²) in [6.07, 6.45) is -3.78. The number of nitrogens with zero attached hydrogens (tertiary/aromatic N) is 3. The van der Waals surface area contributed by atoms with Gasteiger partial charge >= 0.3 is 18.0 Å². The van der Waals surface area contributed by atoms with E-state index in [9.17, 15) is 32.9 Å². The van der Waals surface area contributed by atoms with E-state index >= 15 is 0 Å². The van der Waals surface area contributed by atoms with E-state index in [1.807, 2.05) is 0 Å². The molecule has 3 aromatic rings. The lowest BCUT2D eigenvalue weighted by atomic mass is 10.1. The van der Waals surface area contributed by atoms with Gasteiger partial charge in [0.25, 0.3) is 5.56 Å². The lowest BCUT2D eigenvalue weighted by molar-refractivity contribution is -0.389. The minimum Gasteiger partial charge on any atom is -0.465 e. The van der Waals surface area contributed by atoms with Crippen LogP contribution in [0.5, 0.6) is 0 Å². The quantitative estimate of drug-likeness (QED) is 0.400. The summed E-state index contributed by atoms with van der Waals surface area (Å²) in [6.45, 7) is 0. The van der Waals surface area contributed by atoms with Crippen molar-refractivity contribution in [3.63, 3.8) is 0 Å². The Kier molecular flexibility index (Phi) is 4.70. The maximum absolute atomic E-state index is 13.2. The molecule has 12 heteroatoms. The molecule has 0 aliphatic heterocycles. The van der Waals surface area contributed by atoms with Gasteiger partial charge in [-0.15, -0.1) is 0 Å². The van der Waals surface area contributed by atoms with Gasteiger partial charge in [-0.25, -0.2) is 4.79 Å². The van der Waals surface area contributed by atoms with Crippen LogP contribution >= 0.6 is 0 Å². The number of rotatable bonds is 3. The number of esters is 1. The van der Waals surface area contributed by atoms with Gasteiger partial charge in [-0.3, -0.25) is 9.36 Å². The second kappa shape index (κ2) is 6.89. The lowest BCUT2D eigenvalue weighted by Gasteiger charge is -2.16. The van der Waals surface area contributed by atoms with E-state index in [0.29, 0.717) is 6.07 Å². The van der Waals surface area contributed by atoms with E-state index < -0.39 is 39.6 Å². The molecular weight excluding hydrogens is 397 g/mol. The second-order valence-corrected chi connectivity index (χ2v) is 5.78. The van der Waals surface area contributed by atoms with Crippen molar-refractivity contribution in [2.75, 3.05) is 12.8 Å². The Morgan fingerprint density at radius 1 is 1.28 bits per heavy atom. The molecule has 0 spiro atoms. The zero-order chi connectivity index (χ0) is 21.5. The molecule has 150 valence electrons. The summed E-state index contributed by atoms with van der Waals surface area (Å²) in [4.78, 5) is 38.5. The van der Waals surface area contributed by atoms with Crippen molar-refractivity contribution in [2.45, 2.75) is 6.18 Å². The van der Waals surface area contributed by atoms with E-state index in [-0.39, 0.29) is 22.3 Å². The number of alkyl halides is 3. The molecule has 0 amide bonds. The highest BCUT2D eigenvalue weighted by atomic mass is 19.4. The molecule has 1 aromatic carbocycles. The summed E-state index contributed by atoms with van der Waals surface area (Å²) in [5.41, 5.74) is 2.45. The van der Waals surface area contributed by atoms with Crippen LogP contribution in [0.15, 0.2) is 41.3 Å². The fraction of sp³-hybridized carbons (Fsp3) is 0.118. The van der Waals surface area contributed by atoms with Crippen LogP contribution in [0.25, 0.3) is 16.6 Å². The van der Waals surface area contributed by atoms with Crippen molar-refractivity contribution in [3.05, 3.63) is 68.1 Å². The van der Waals surface area contributed by atoms with Crippen molar-refractivity contribution >= 4 is 28.4 Å². The van der Waals surface area contributed by atoms with Crippen LogP contribution < -0.4 is 11.3 Å². The first kappa shape index (κ1) is 19.8. The number of aromatic nitrogens is 2. The van der Waals surface area contributed by atoms with Gasteiger partial charge < -0.3 is 20.6 Å². The molecule has 0 saturated heterocycles. The maximum atomic E-state index is 13.2. The Labute approximate surface area is 159 Å². The number of nitrogen functional groups attached to an aromatic ring is 1. The highest BCUT2D eigenvalue weighted by Crippen LogP contribution is 2.34. The van der Waals surface area contributed by atoms with Gasteiger partial charge in [-0.05, 0) is 28.1 Å². The third kappa shape index (κ3) is 3.35. The maximum Gasteiger partial charge on any atom is 0.416 e. The summed E-state index contributed by atoms with van der Waals surface area (Å²) < 4.78 is 44.8. The van der Waals surface area contributed by atoms with Crippen molar-refractivity contribution in [2.24, 2.45) is 0 Å². The molecule has 0 saturated carbocycles. The van der Waals surface area contributed by atoms with Crippen LogP contribution in [0, 0.1) is 10.1 Å². The van der Waals surface area contributed by atoms with Gasteiger partial charge in [0.1, 0.15) is 5.56 Å². The SMILES string of the molecule is COC(=O)c1c(N)c2ccc(C(F)(F)F)cc2n(-c2ccc([N+](=O)[O-])nc2)c1=O. The number of carbonyl (C=O) groups is 1. The number of halogens is 3. The number of carbonyl (C=O) groups excluding carboxylic acids is 1. The molecule has 0 aliphatic rings. The largest absolute Gasteiger partial charge is 0.465 e. The van der Waals surface area contributed by atoms with Gasteiger partial charge in [0.2, 0.25) is 0 Å². The Morgan fingerprint density at radius 3 is 2.48 bits per heavy atom. The number of benzene rings is 1. The standard InChI is InChI=1S/C17H11F3N4O5/c1-29-16(26)13-14(21)10-4-2-8(17(18,19)20)6-11(10)23(15(13)25)9-3-5-12(22-7-9)24(27)28/h2-7H,21H2,1H3. The summed E-state index contributed by atoms with van der Waals surface area (Å²) in [5, 5.41) is 10.8. The first-order valence-electron chi connectivity index (χ1n) is 7.81. The molecule has 2 N–H and O–H groups in total. The molecule has 0 atom stereocenters. The van der Waals surface area contributed by atoms with Crippen LogP contribution in [-0.2, 0) is 10.9 Å². The number of anilines is 1. The molecule has 3 rings (SSSR count). The fourth-order valence-electron chi connectivity index (χ4n) is 2.77. The predicted octanol–water partition coefficient (Wildman–Crippen LogP) is 2.68. The van der Waals surface area contributed by atoms with Gasteiger partial charge in [0.15, 0.2) is 6.20 Å². The number of fused-ring (bicyclic) bond motifs is 1. The number of nitro groups is 1. The molecule has 0 unspecified atom stereocenters. The van der Waals surface area contributed by atoms with Crippen LogP contribution in [0.3, 0.4) is 0 Å². The first-order valence-corrected chi connectivity index (χ1v) is 7.81. The highest BCUT2D eigenvalue weighted by molar-refractivity contribution is 6.04. The molecule has 0 bridgehead atoms. The number of methoxy groups -OCH3 is 1. The first-order chi connectivity index (χ1) is 13.6. The van der Waals surface area contributed by atoms with E-state index in [2.05, 4.69) is 9.72 Å². The van der Waals surface area contributed by atoms with Crippen molar-refractivity contribution in [3.8, 4) is 5.69 Å². The van der Waals surface area contributed by atoms with E-state index in [4.69, 9.17) is 5.73 Å². The van der Waals surface area contributed by atoms with Crippen molar-refractivity contribution in [1.29, 1.82) is 0 Å². The number of nitrogens with two attached hydrogens (primary N) is 1. The van der Waals surface area contributed by atoms with Crippen LogP contribution in [0.2, 0.25) is 0 Å². The van der Waals surface area contributed by atoms with Gasteiger partial charge in [0, 0.05) is 11.5 Å². The summed E-state index contributed by atoms with van der Waals surface area (Å²) in [5.74, 6) is -1.62. The third-order valence-electron chi connectivity index (χ3n) is 4.11. The topological polar surface area (TPSA) is 130 Å². The van der Waals surface area contributed by atoms with E-state index in [1.54, 1.807) is 0 Å². The minimum absolute atomic E-state index is 0.0173. The monoisotopic (exact) mass is 408 g/mol. The van der Waals surface area contributed by atoms with Crippen LogP contribution in [0.4, 0.5) is 24.7 Å². The second-order valence-electron chi connectivity index (χ2n) is 5.78. The van der Waals surface area contributed by atoms with E-state index in [1.165, 1.54) is 0 Å². The molecule has 0 aliphatic carbocycles. The Bertz CT molecular complexity index is 1200. The molecule has 0 fully saturated rings. The molecule has 9 nitrogen and oxygen atoms in total. The molecular formula is C17H11F3N4O5. The summed E-state index contributed by atoms with van der Waals surface area (Å²) in [7, 11) is 1.01. The molecule has 29 heavy (non-hydrogen) atoms. The Morgan fingerprint density at radius 2 is 1.97 bits per heavy atom. The fourth-order valence-corrected chi connectivity index (χ4v) is 2.77. The van der Waals surface area contributed by atoms with Gasteiger partial charge in [0.05, 0.1) is 29.6 Å². The lowest BCUT2D eigenvalue weighted by Crippen LogP contribution is -2.28. The average molecular weight is 408 g/mol. The number of ether oxygens (including phenoxy) is 1. The number of hydrogen-bond donors (Lipinski definition) is 1. The Balaban J connectivity index is 2.45. The smallest absolute Gasteiger partial charge is 0.416 e. The predicted molar refractivity (Wildman–Crippen MR) is 94.7 cm³/mol. The molecule has 2 heterocycles. The number of pyridine rings is 2. The van der Waals surface area contributed by atoms with Crippen molar-refractivity contribution < 1.29 is 27.6 Å². The third-order valence-corrected chi connectivity index (χ3v) is 4.11. The Hall–Kier alpha value is -3.96. The van der Waals surface area contributed by atoms with Gasteiger partial charge in [-0.2, -0.15) is 13.2 Å². The molecule has 0 radical (unpaired) electrons. The van der Waals surface area contributed by atoms with Crippen LogP contribution in [-0.4, -0.2) is 27.6 Å². The van der Waals surface area contributed by atoms with Crippen LogP contribution in [0.1, 0.15) is 15.9 Å². The van der Waals surface area contributed by atoms with E-state index in [0.717, 1.165) is 42.1 Å². The summed E-state index contributed by atoms with van der Waals surface area (Å²) >= 11 is 0. The highest BCUT2D eigenvalue weighted by Gasteiger charge is 2.32. The van der Waals surface area contributed by atoms with Gasteiger partial charge in [-0.1, -0.05) is 6.07 Å². The number of hydrogen-bond acceptors (Lipinski definition) is 7. The average Bonchev–Trinajstić information content (AvgIpc) is 2.67. The van der Waals surface area contributed by atoms with Crippen molar-refractivity contribution in [1.82, 2.24) is 9.55 Å². The molecule has 2 aromatic heterocycles. The minimum atomic E-state index is -4.71. The normalized spacial score (nSPS) is 11.4. The zero-order valence-electron chi connectivity index (χ0n) is 14.6. The summed E-state index contributed by atoms with van der Waals surface area (Å²) in [6, 6.07) is 4.55. The zero-order valence-corrected chi connectivity index (χ0v) is 14.6.